The number of nitrogens with zero attached hydrogens (tertiary/aromatic N) is 1. The number of methoxy groups -OCH3 is 1. The normalized spacial score (nSPS) is 12.0. The molecular formula is C26H17F6NO2. The van der Waals surface area contributed by atoms with Gasteiger partial charge >= 0.3 is 12.4 Å². The van der Waals surface area contributed by atoms with Crippen LogP contribution >= 0.6 is 0 Å². The van der Waals surface area contributed by atoms with Gasteiger partial charge in [0.2, 0.25) is 0 Å². The summed E-state index contributed by atoms with van der Waals surface area (Å²) in [5.74, 6) is 0.114. The minimum atomic E-state index is -4.50. The molecule has 0 atom stereocenters. The van der Waals surface area contributed by atoms with E-state index in [0.29, 0.717) is 33.6 Å². The van der Waals surface area contributed by atoms with Crippen LogP contribution in [0, 0.1) is 0 Å². The maximum absolute atomic E-state index is 13.0. The monoisotopic (exact) mass is 489 g/mol. The SMILES string of the molecule is COc1ccc(-c2cc(-c3ccc(C(F)(F)F)cc3)nc(-c3ccc(C(F)(F)F)cc3)c2)cc1O. The molecule has 180 valence electrons. The predicted molar refractivity (Wildman–Crippen MR) is 119 cm³/mol. The van der Waals surface area contributed by atoms with E-state index in [1.54, 1.807) is 24.3 Å². The quantitative estimate of drug-likeness (QED) is 0.297. The second-order valence-electron chi connectivity index (χ2n) is 7.66. The summed E-state index contributed by atoms with van der Waals surface area (Å²) in [6, 6.07) is 16.7. The van der Waals surface area contributed by atoms with E-state index in [-0.39, 0.29) is 11.5 Å². The van der Waals surface area contributed by atoms with Crippen LogP contribution in [-0.4, -0.2) is 17.2 Å². The second kappa shape index (κ2) is 8.98. The highest BCUT2D eigenvalue weighted by Gasteiger charge is 2.31. The molecule has 1 heterocycles. The number of phenolic OH excluding ortho intramolecular Hbond substituents is 1. The maximum atomic E-state index is 13.0. The summed E-state index contributed by atoms with van der Waals surface area (Å²) in [6.07, 6.45) is -9.00. The zero-order valence-corrected chi connectivity index (χ0v) is 18.1. The van der Waals surface area contributed by atoms with Gasteiger partial charge in [-0.25, -0.2) is 4.98 Å². The fourth-order valence-corrected chi connectivity index (χ4v) is 3.52. The molecular weight excluding hydrogens is 472 g/mol. The molecule has 0 bridgehead atoms. The Labute approximate surface area is 196 Å². The van der Waals surface area contributed by atoms with E-state index in [9.17, 15) is 31.4 Å². The molecule has 0 radical (unpaired) electrons. The van der Waals surface area contributed by atoms with Crippen LogP contribution in [0.1, 0.15) is 11.1 Å². The first-order chi connectivity index (χ1) is 16.5. The largest absolute Gasteiger partial charge is 0.504 e. The highest BCUT2D eigenvalue weighted by atomic mass is 19.4. The molecule has 1 N–H and O–H groups in total. The number of ether oxygens (including phenoxy) is 1. The van der Waals surface area contributed by atoms with Crippen LogP contribution in [0.25, 0.3) is 33.6 Å². The summed E-state index contributed by atoms with van der Waals surface area (Å²) in [5, 5.41) is 10.2. The third-order valence-corrected chi connectivity index (χ3v) is 5.35. The first-order valence-corrected chi connectivity index (χ1v) is 10.2. The van der Waals surface area contributed by atoms with Gasteiger partial charge in [0.05, 0.1) is 29.6 Å². The van der Waals surface area contributed by atoms with E-state index in [0.717, 1.165) is 24.3 Å². The standard InChI is InChI=1S/C26H17F6NO2/c1-35-24-11-6-17(14-23(24)34)18-12-21(15-2-7-19(8-3-15)25(27,28)29)33-22(13-18)16-4-9-20(10-5-16)26(30,31)32/h2-14,34H,1H3. The third kappa shape index (κ3) is 5.24. The van der Waals surface area contributed by atoms with E-state index < -0.39 is 23.5 Å². The highest BCUT2D eigenvalue weighted by Crippen LogP contribution is 2.37. The first kappa shape index (κ1) is 24.1. The first-order valence-electron chi connectivity index (χ1n) is 10.2. The molecule has 0 unspecified atom stereocenters. The molecule has 9 heteroatoms. The fourth-order valence-electron chi connectivity index (χ4n) is 3.52. The summed E-state index contributed by atoms with van der Waals surface area (Å²) in [5.41, 5.74) is 0.829. The van der Waals surface area contributed by atoms with Crippen LogP contribution < -0.4 is 4.74 Å². The van der Waals surface area contributed by atoms with E-state index in [4.69, 9.17) is 4.74 Å². The van der Waals surface area contributed by atoms with Crippen LogP contribution in [0.5, 0.6) is 11.5 Å². The number of aromatic hydroxyl groups is 1. The number of aromatic nitrogens is 1. The van der Waals surface area contributed by atoms with Crippen molar-refractivity contribution in [3.8, 4) is 45.1 Å². The van der Waals surface area contributed by atoms with Crippen molar-refractivity contribution in [1.82, 2.24) is 4.98 Å². The van der Waals surface area contributed by atoms with E-state index in [1.807, 2.05) is 0 Å². The van der Waals surface area contributed by atoms with Gasteiger partial charge in [-0.05, 0) is 59.7 Å². The number of benzene rings is 3. The van der Waals surface area contributed by atoms with Crippen molar-refractivity contribution in [3.63, 3.8) is 0 Å². The van der Waals surface area contributed by atoms with E-state index >= 15 is 0 Å². The fraction of sp³-hybridized carbons (Fsp3) is 0.115. The summed E-state index contributed by atoms with van der Waals surface area (Å²) < 4.78 is 82.9. The zero-order chi connectivity index (χ0) is 25.4. The number of hydrogen-bond acceptors (Lipinski definition) is 3. The molecule has 0 aliphatic rings. The van der Waals surface area contributed by atoms with Gasteiger partial charge in [0.25, 0.3) is 0 Å². The molecule has 4 aromatic rings. The van der Waals surface area contributed by atoms with Crippen LogP contribution in [-0.2, 0) is 12.4 Å². The van der Waals surface area contributed by atoms with Crippen molar-refractivity contribution in [2.75, 3.05) is 7.11 Å². The van der Waals surface area contributed by atoms with Gasteiger partial charge in [-0.1, -0.05) is 30.3 Å². The van der Waals surface area contributed by atoms with Gasteiger partial charge in [-0.15, -0.1) is 0 Å². The molecule has 4 rings (SSSR count). The molecule has 3 aromatic carbocycles. The molecule has 35 heavy (non-hydrogen) atoms. The zero-order valence-electron chi connectivity index (χ0n) is 18.1. The summed E-state index contributed by atoms with van der Waals surface area (Å²) in [7, 11) is 1.40. The van der Waals surface area contributed by atoms with Crippen molar-refractivity contribution in [1.29, 1.82) is 0 Å². The Kier molecular flexibility index (Phi) is 6.19. The number of pyridine rings is 1. The lowest BCUT2D eigenvalue weighted by Gasteiger charge is -2.13. The van der Waals surface area contributed by atoms with Gasteiger partial charge in [0, 0.05) is 11.1 Å². The minimum absolute atomic E-state index is 0.131. The van der Waals surface area contributed by atoms with Gasteiger partial charge in [0.15, 0.2) is 11.5 Å². The van der Waals surface area contributed by atoms with Gasteiger partial charge in [0.1, 0.15) is 0 Å². The van der Waals surface area contributed by atoms with Crippen LogP contribution in [0.3, 0.4) is 0 Å². The number of alkyl halides is 6. The third-order valence-electron chi connectivity index (χ3n) is 5.35. The Hall–Kier alpha value is -4.01. The molecule has 0 amide bonds. The number of phenols is 1. The molecule has 0 spiro atoms. The topological polar surface area (TPSA) is 42.4 Å². The van der Waals surface area contributed by atoms with Gasteiger partial charge < -0.3 is 9.84 Å². The van der Waals surface area contributed by atoms with Crippen molar-refractivity contribution >= 4 is 0 Å². The van der Waals surface area contributed by atoms with Gasteiger partial charge in [-0.2, -0.15) is 26.3 Å². The predicted octanol–water partition coefficient (Wildman–Crippen LogP) is 7.83. The molecule has 0 fully saturated rings. The average Bonchev–Trinajstić information content (AvgIpc) is 2.83. The second-order valence-corrected chi connectivity index (χ2v) is 7.66. The van der Waals surface area contributed by atoms with Crippen molar-refractivity contribution in [3.05, 3.63) is 90.0 Å². The van der Waals surface area contributed by atoms with Crippen LogP contribution in [0.15, 0.2) is 78.9 Å². The van der Waals surface area contributed by atoms with E-state index in [1.165, 1.54) is 37.4 Å². The molecule has 0 aliphatic carbocycles. The Bertz CT molecular complexity index is 1270. The lowest BCUT2D eigenvalue weighted by atomic mass is 9.99. The lowest BCUT2D eigenvalue weighted by Crippen LogP contribution is -2.04. The lowest BCUT2D eigenvalue weighted by molar-refractivity contribution is -0.138. The Morgan fingerprint density at radius 1 is 0.600 bits per heavy atom. The highest BCUT2D eigenvalue weighted by molar-refractivity contribution is 5.77. The molecule has 0 saturated carbocycles. The molecule has 1 aromatic heterocycles. The van der Waals surface area contributed by atoms with Crippen molar-refractivity contribution < 1.29 is 36.2 Å². The average molecular weight is 489 g/mol. The van der Waals surface area contributed by atoms with Crippen molar-refractivity contribution in [2.24, 2.45) is 0 Å². The van der Waals surface area contributed by atoms with Gasteiger partial charge in [-0.3, -0.25) is 0 Å². The Morgan fingerprint density at radius 3 is 1.40 bits per heavy atom. The number of halogens is 6. The van der Waals surface area contributed by atoms with Crippen molar-refractivity contribution in [2.45, 2.75) is 12.4 Å². The molecule has 0 aliphatic heterocycles. The molecule has 3 nitrogen and oxygen atoms in total. The Morgan fingerprint density at radius 2 is 1.03 bits per heavy atom. The molecule has 0 saturated heterocycles. The summed E-state index contributed by atoms with van der Waals surface area (Å²) in [6.45, 7) is 0. The summed E-state index contributed by atoms with van der Waals surface area (Å²) >= 11 is 0. The minimum Gasteiger partial charge on any atom is -0.504 e. The van der Waals surface area contributed by atoms with E-state index in [2.05, 4.69) is 4.98 Å². The number of hydrogen-bond donors (Lipinski definition) is 1. The van der Waals surface area contributed by atoms with Crippen LogP contribution in [0.4, 0.5) is 26.3 Å². The maximum Gasteiger partial charge on any atom is 0.416 e. The number of rotatable bonds is 4. The summed E-state index contributed by atoms with van der Waals surface area (Å²) in [4.78, 5) is 4.49. The van der Waals surface area contributed by atoms with Crippen LogP contribution in [0.2, 0.25) is 0 Å². The smallest absolute Gasteiger partial charge is 0.416 e. The Balaban J connectivity index is 1.85.